The minimum absolute atomic E-state index is 0.0185. The minimum Gasteiger partial charge on any atom is -0.350 e. The van der Waals surface area contributed by atoms with E-state index < -0.39 is 0 Å². The van der Waals surface area contributed by atoms with Gasteiger partial charge in [0, 0.05) is 19.1 Å². The van der Waals surface area contributed by atoms with Crippen LogP contribution in [0, 0.1) is 11.8 Å². The number of nitrogens with two attached hydrogens (primary N) is 1. The van der Waals surface area contributed by atoms with E-state index in [2.05, 4.69) is 29.1 Å². The first kappa shape index (κ1) is 14.1. The number of likely N-dealkylation sites (N-methyl/N-ethyl adjacent to an activating group) is 1. The molecular formula is C14H19N3OS. The molecular weight excluding hydrogens is 258 g/mol. The van der Waals surface area contributed by atoms with Gasteiger partial charge in [-0.15, -0.1) is 11.3 Å². The molecule has 5 heteroatoms. The van der Waals surface area contributed by atoms with Gasteiger partial charge in [-0.1, -0.05) is 11.8 Å². The highest BCUT2D eigenvalue weighted by Gasteiger charge is 2.25. The zero-order chi connectivity index (χ0) is 13.7. The van der Waals surface area contributed by atoms with Gasteiger partial charge in [-0.3, -0.25) is 4.79 Å². The Morgan fingerprint density at radius 3 is 3.05 bits per heavy atom. The fourth-order valence-electron chi connectivity index (χ4n) is 1.80. The maximum Gasteiger partial charge on any atom is 0.261 e. The number of nitrogens with zero attached hydrogens (tertiary/aromatic N) is 1. The molecule has 0 atom stereocenters. The van der Waals surface area contributed by atoms with Crippen LogP contribution < -0.4 is 11.1 Å². The van der Waals surface area contributed by atoms with E-state index in [1.807, 2.05) is 12.1 Å². The molecule has 1 aliphatic rings. The van der Waals surface area contributed by atoms with E-state index in [1.165, 1.54) is 24.2 Å². The van der Waals surface area contributed by atoms with Crippen molar-refractivity contribution in [2.45, 2.75) is 18.9 Å². The predicted octanol–water partition coefficient (Wildman–Crippen LogP) is 0.882. The third kappa shape index (κ3) is 4.35. The van der Waals surface area contributed by atoms with Gasteiger partial charge in [-0.2, -0.15) is 0 Å². The Hall–Kier alpha value is -1.35. The van der Waals surface area contributed by atoms with Crippen molar-refractivity contribution < 1.29 is 4.79 Å². The number of carbonyl (C=O) groups excluding carboxylic acids is 1. The van der Waals surface area contributed by atoms with Crippen molar-refractivity contribution in [1.29, 1.82) is 0 Å². The van der Waals surface area contributed by atoms with E-state index in [0.29, 0.717) is 18.0 Å². The number of hydrogen-bond donors (Lipinski definition) is 2. The molecule has 0 radical (unpaired) electrons. The topological polar surface area (TPSA) is 58.4 Å². The molecule has 1 heterocycles. The van der Waals surface area contributed by atoms with Crippen LogP contribution in [0.5, 0.6) is 0 Å². The molecule has 0 spiro atoms. The van der Waals surface area contributed by atoms with Crippen molar-refractivity contribution in [3.63, 3.8) is 0 Å². The average molecular weight is 277 g/mol. The molecule has 1 amide bonds. The first-order valence-corrected chi connectivity index (χ1v) is 7.29. The van der Waals surface area contributed by atoms with Crippen LogP contribution >= 0.6 is 11.3 Å². The lowest BCUT2D eigenvalue weighted by atomic mass is 10.4. The summed E-state index contributed by atoms with van der Waals surface area (Å²) >= 11 is 1.40. The highest BCUT2D eigenvalue weighted by atomic mass is 32.1. The Morgan fingerprint density at radius 1 is 1.58 bits per heavy atom. The smallest absolute Gasteiger partial charge is 0.261 e. The monoisotopic (exact) mass is 277 g/mol. The summed E-state index contributed by atoms with van der Waals surface area (Å²) in [6.45, 7) is 1.93. The number of rotatable bonds is 5. The normalized spacial score (nSPS) is 14.1. The van der Waals surface area contributed by atoms with E-state index in [0.717, 1.165) is 17.5 Å². The van der Waals surface area contributed by atoms with Gasteiger partial charge in [-0.25, -0.2) is 0 Å². The SMILES string of the molecule is CN(CCNC(=O)c1ccc(C#CCN)s1)C1CC1. The zero-order valence-corrected chi connectivity index (χ0v) is 11.9. The van der Waals surface area contributed by atoms with Gasteiger partial charge in [0.25, 0.3) is 5.91 Å². The van der Waals surface area contributed by atoms with Crippen molar-refractivity contribution in [3.8, 4) is 11.8 Å². The quantitative estimate of drug-likeness (QED) is 0.786. The van der Waals surface area contributed by atoms with Crippen LogP contribution in [-0.4, -0.2) is 43.5 Å². The molecule has 1 fully saturated rings. The van der Waals surface area contributed by atoms with Crippen LogP contribution in [0.15, 0.2) is 12.1 Å². The van der Waals surface area contributed by atoms with Crippen LogP contribution in [0.3, 0.4) is 0 Å². The average Bonchev–Trinajstić information content (AvgIpc) is 3.15. The molecule has 102 valence electrons. The fraction of sp³-hybridized carbons (Fsp3) is 0.500. The third-order valence-corrected chi connectivity index (χ3v) is 4.06. The maximum atomic E-state index is 11.9. The summed E-state index contributed by atoms with van der Waals surface area (Å²) in [6, 6.07) is 4.40. The van der Waals surface area contributed by atoms with Gasteiger partial charge in [-0.05, 0) is 32.0 Å². The number of nitrogens with one attached hydrogen (secondary N) is 1. The predicted molar refractivity (Wildman–Crippen MR) is 78.2 cm³/mol. The molecule has 0 aromatic carbocycles. The standard InChI is InChI=1S/C14H19N3OS/c1-17(11-4-5-11)10-9-16-14(18)13-7-6-12(19-13)3-2-8-15/h6-7,11H,4-5,8-10,15H2,1H3,(H,16,18). The van der Waals surface area contributed by atoms with Gasteiger partial charge in [0.2, 0.25) is 0 Å². The molecule has 1 aliphatic carbocycles. The highest BCUT2D eigenvalue weighted by Crippen LogP contribution is 2.24. The summed E-state index contributed by atoms with van der Waals surface area (Å²) in [5, 5.41) is 2.94. The van der Waals surface area contributed by atoms with E-state index in [1.54, 1.807) is 0 Å². The minimum atomic E-state index is -0.0185. The number of carbonyl (C=O) groups is 1. The Labute approximate surface area is 118 Å². The van der Waals surface area contributed by atoms with Crippen LogP contribution in [-0.2, 0) is 0 Å². The molecule has 0 bridgehead atoms. The summed E-state index contributed by atoms with van der Waals surface area (Å²) < 4.78 is 0. The van der Waals surface area contributed by atoms with Crippen LogP contribution in [0.4, 0.5) is 0 Å². The number of hydrogen-bond acceptors (Lipinski definition) is 4. The first-order valence-electron chi connectivity index (χ1n) is 6.48. The summed E-state index contributed by atoms with van der Waals surface area (Å²) in [5.41, 5.74) is 5.31. The molecule has 1 saturated carbocycles. The van der Waals surface area contributed by atoms with Gasteiger partial charge in [0.05, 0.1) is 16.3 Å². The summed E-state index contributed by atoms with van der Waals surface area (Å²) in [6.07, 6.45) is 2.58. The highest BCUT2D eigenvalue weighted by molar-refractivity contribution is 7.14. The van der Waals surface area contributed by atoms with Gasteiger partial charge >= 0.3 is 0 Å². The zero-order valence-electron chi connectivity index (χ0n) is 11.1. The summed E-state index contributed by atoms with van der Waals surface area (Å²) in [4.78, 5) is 15.8. The summed E-state index contributed by atoms with van der Waals surface area (Å²) in [7, 11) is 2.11. The van der Waals surface area contributed by atoms with Gasteiger partial charge < -0.3 is 16.0 Å². The van der Waals surface area contributed by atoms with Crippen molar-refractivity contribution in [2.24, 2.45) is 5.73 Å². The second kappa shape index (κ2) is 6.71. The van der Waals surface area contributed by atoms with Gasteiger partial charge in [0.15, 0.2) is 0 Å². The van der Waals surface area contributed by atoms with Crippen molar-refractivity contribution >= 4 is 17.2 Å². The molecule has 2 rings (SSSR count). The van der Waals surface area contributed by atoms with Crippen molar-refractivity contribution in [2.75, 3.05) is 26.7 Å². The Morgan fingerprint density at radius 2 is 2.37 bits per heavy atom. The Bertz CT molecular complexity index is 496. The van der Waals surface area contributed by atoms with E-state index >= 15 is 0 Å². The molecule has 0 aliphatic heterocycles. The second-order valence-electron chi connectivity index (χ2n) is 4.64. The van der Waals surface area contributed by atoms with Crippen molar-refractivity contribution in [1.82, 2.24) is 10.2 Å². The number of amides is 1. The van der Waals surface area contributed by atoms with Crippen molar-refractivity contribution in [3.05, 3.63) is 21.9 Å². The Kier molecular flexibility index (Phi) is 4.97. The largest absolute Gasteiger partial charge is 0.350 e. The molecule has 1 aromatic rings. The Balaban J connectivity index is 1.77. The van der Waals surface area contributed by atoms with Crippen LogP contribution in [0.25, 0.3) is 0 Å². The van der Waals surface area contributed by atoms with E-state index in [9.17, 15) is 4.79 Å². The van der Waals surface area contributed by atoms with E-state index in [4.69, 9.17) is 5.73 Å². The molecule has 3 N–H and O–H groups in total. The lowest BCUT2D eigenvalue weighted by Gasteiger charge is -2.15. The lowest BCUT2D eigenvalue weighted by Crippen LogP contribution is -2.33. The van der Waals surface area contributed by atoms with Crippen LogP contribution in [0.1, 0.15) is 27.4 Å². The van der Waals surface area contributed by atoms with E-state index in [-0.39, 0.29) is 5.91 Å². The fourth-order valence-corrected chi connectivity index (χ4v) is 2.59. The molecule has 1 aromatic heterocycles. The lowest BCUT2D eigenvalue weighted by molar-refractivity contribution is 0.0953. The number of thiophene rings is 1. The van der Waals surface area contributed by atoms with Crippen LogP contribution in [0.2, 0.25) is 0 Å². The second-order valence-corrected chi connectivity index (χ2v) is 5.72. The first-order chi connectivity index (χ1) is 9.20. The van der Waals surface area contributed by atoms with Gasteiger partial charge in [0.1, 0.15) is 0 Å². The third-order valence-electron chi connectivity index (χ3n) is 3.06. The maximum absolute atomic E-state index is 11.9. The molecule has 4 nitrogen and oxygen atoms in total. The molecule has 0 unspecified atom stereocenters. The summed E-state index contributed by atoms with van der Waals surface area (Å²) in [5.74, 6) is 5.70. The molecule has 0 saturated heterocycles. The molecule has 19 heavy (non-hydrogen) atoms.